The van der Waals surface area contributed by atoms with Gasteiger partial charge >= 0.3 is 0 Å². The van der Waals surface area contributed by atoms with Crippen LogP contribution in [-0.2, 0) is 11.2 Å². The summed E-state index contributed by atoms with van der Waals surface area (Å²) in [4.78, 5) is 12.0. The van der Waals surface area contributed by atoms with Crippen molar-refractivity contribution in [1.29, 1.82) is 0 Å². The number of ketones is 1. The second-order valence-electron chi connectivity index (χ2n) is 5.92. The molecule has 4 heteroatoms. The van der Waals surface area contributed by atoms with Crippen molar-refractivity contribution in [3.63, 3.8) is 0 Å². The Kier molecular flexibility index (Phi) is 6.08. The molecule has 0 saturated carbocycles. The normalized spacial score (nSPS) is 14.9. The summed E-state index contributed by atoms with van der Waals surface area (Å²) in [6.07, 6.45) is 5.43. The van der Waals surface area contributed by atoms with E-state index < -0.39 is 0 Å². The molecule has 23 heavy (non-hydrogen) atoms. The van der Waals surface area contributed by atoms with Crippen LogP contribution in [0.2, 0.25) is 0 Å². The molecule has 0 amide bonds. The fourth-order valence-corrected chi connectivity index (χ4v) is 3.16. The largest absolute Gasteiger partial charge is 0.493 e. The van der Waals surface area contributed by atoms with Crippen molar-refractivity contribution in [2.75, 3.05) is 21.3 Å². The number of Topliss-reactive ketones (excluding diaryl/α,β-unsaturated/α-hetero) is 1. The highest BCUT2D eigenvalue weighted by Gasteiger charge is 2.18. The van der Waals surface area contributed by atoms with Gasteiger partial charge in [-0.05, 0) is 62.3 Å². The molecule has 0 spiro atoms. The number of hydrogen-bond acceptors (Lipinski definition) is 4. The number of carbonyl (C=O) groups is 1. The summed E-state index contributed by atoms with van der Waals surface area (Å²) in [5.41, 5.74) is 3.44. The van der Waals surface area contributed by atoms with Crippen LogP contribution in [0.25, 0.3) is 0 Å². The molecule has 0 atom stereocenters. The van der Waals surface area contributed by atoms with Crippen molar-refractivity contribution in [3.8, 4) is 17.2 Å². The summed E-state index contributed by atoms with van der Waals surface area (Å²) in [5.74, 6) is 2.29. The van der Waals surface area contributed by atoms with E-state index in [0.717, 1.165) is 43.2 Å². The van der Waals surface area contributed by atoms with Crippen molar-refractivity contribution >= 4 is 5.78 Å². The molecule has 0 fully saturated rings. The Bertz CT molecular complexity index is 576. The Hall–Kier alpha value is -1.97. The third-order valence-corrected chi connectivity index (χ3v) is 4.42. The molecule has 0 aromatic heterocycles. The van der Waals surface area contributed by atoms with Crippen molar-refractivity contribution in [1.82, 2.24) is 0 Å². The van der Waals surface area contributed by atoms with Gasteiger partial charge in [0.15, 0.2) is 17.3 Å². The van der Waals surface area contributed by atoms with Gasteiger partial charge in [0, 0.05) is 6.42 Å². The van der Waals surface area contributed by atoms with E-state index in [4.69, 9.17) is 14.2 Å². The van der Waals surface area contributed by atoms with Crippen LogP contribution in [0.5, 0.6) is 17.2 Å². The molecule has 2 rings (SSSR count). The van der Waals surface area contributed by atoms with Gasteiger partial charge in [-0.2, -0.15) is 0 Å². The minimum atomic E-state index is 0.332. The number of benzene rings is 1. The average molecular weight is 318 g/mol. The van der Waals surface area contributed by atoms with Crippen LogP contribution in [0.1, 0.15) is 44.6 Å². The van der Waals surface area contributed by atoms with Crippen LogP contribution in [0, 0.1) is 0 Å². The molecule has 1 aromatic rings. The van der Waals surface area contributed by atoms with Crippen LogP contribution >= 0.6 is 0 Å². The molecule has 0 radical (unpaired) electrons. The summed E-state index contributed by atoms with van der Waals surface area (Å²) in [5, 5.41) is 0. The number of carbonyl (C=O) groups excluding carboxylic acids is 1. The minimum Gasteiger partial charge on any atom is -0.493 e. The first-order valence-electron chi connectivity index (χ1n) is 8.11. The SMILES string of the molecule is COc1cc(CCCC2=C(C)CCCC2=O)cc(OC)c1OC. The lowest BCUT2D eigenvalue weighted by atomic mass is 9.88. The molecule has 1 aromatic carbocycles. The molecule has 0 N–H and O–H groups in total. The highest BCUT2D eigenvalue weighted by atomic mass is 16.5. The van der Waals surface area contributed by atoms with Gasteiger partial charge in [0.1, 0.15) is 0 Å². The molecular formula is C19H26O4. The third-order valence-electron chi connectivity index (χ3n) is 4.42. The quantitative estimate of drug-likeness (QED) is 0.759. The van der Waals surface area contributed by atoms with Gasteiger partial charge in [-0.15, -0.1) is 0 Å². The van der Waals surface area contributed by atoms with Gasteiger partial charge in [-0.1, -0.05) is 5.57 Å². The Labute approximate surface area is 138 Å². The lowest BCUT2D eigenvalue weighted by Crippen LogP contribution is -2.10. The number of rotatable bonds is 7. The maximum atomic E-state index is 12.0. The molecule has 0 heterocycles. The number of ether oxygens (including phenoxy) is 3. The Morgan fingerprint density at radius 1 is 0.957 bits per heavy atom. The van der Waals surface area contributed by atoms with Crippen molar-refractivity contribution in [3.05, 3.63) is 28.8 Å². The second kappa shape index (κ2) is 8.04. The van der Waals surface area contributed by atoms with Crippen molar-refractivity contribution in [2.24, 2.45) is 0 Å². The summed E-state index contributed by atoms with van der Waals surface area (Å²) >= 11 is 0. The molecule has 0 saturated heterocycles. The van der Waals surface area contributed by atoms with E-state index in [1.165, 1.54) is 5.57 Å². The van der Waals surface area contributed by atoms with E-state index in [1.807, 2.05) is 12.1 Å². The molecule has 0 unspecified atom stereocenters. The van der Waals surface area contributed by atoms with E-state index in [-0.39, 0.29) is 0 Å². The highest BCUT2D eigenvalue weighted by Crippen LogP contribution is 2.38. The fraction of sp³-hybridized carbons (Fsp3) is 0.526. The van der Waals surface area contributed by atoms with E-state index in [0.29, 0.717) is 29.5 Å². The van der Waals surface area contributed by atoms with Crippen molar-refractivity contribution in [2.45, 2.75) is 45.4 Å². The minimum absolute atomic E-state index is 0.332. The highest BCUT2D eigenvalue weighted by molar-refractivity contribution is 5.96. The number of methoxy groups -OCH3 is 3. The zero-order valence-corrected chi connectivity index (χ0v) is 14.5. The lowest BCUT2D eigenvalue weighted by Gasteiger charge is -2.17. The van der Waals surface area contributed by atoms with E-state index in [2.05, 4.69) is 6.92 Å². The topological polar surface area (TPSA) is 44.8 Å². The number of allylic oxidation sites excluding steroid dienone is 2. The first-order valence-corrected chi connectivity index (χ1v) is 8.11. The maximum Gasteiger partial charge on any atom is 0.203 e. The monoisotopic (exact) mass is 318 g/mol. The van der Waals surface area contributed by atoms with Gasteiger partial charge < -0.3 is 14.2 Å². The molecule has 1 aliphatic carbocycles. The Morgan fingerprint density at radius 3 is 2.13 bits per heavy atom. The van der Waals surface area contributed by atoms with E-state index >= 15 is 0 Å². The van der Waals surface area contributed by atoms with Crippen molar-refractivity contribution < 1.29 is 19.0 Å². The molecule has 0 bridgehead atoms. The zero-order chi connectivity index (χ0) is 16.8. The summed E-state index contributed by atoms with van der Waals surface area (Å²) in [6, 6.07) is 3.95. The van der Waals surface area contributed by atoms with E-state index in [1.54, 1.807) is 21.3 Å². The molecule has 0 aliphatic heterocycles. The van der Waals surface area contributed by atoms with Gasteiger partial charge in [-0.25, -0.2) is 0 Å². The van der Waals surface area contributed by atoms with Crippen LogP contribution in [0.15, 0.2) is 23.3 Å². The van der Waals surface area contributed by atoms with Gasteiger partial charge in [0.2, 0.25) is 5.75 Å². The Morgan fingerprint density at radius 2 is 1.61 bits per heavy atom. The van der Waals surface area contributed by atoms with Crippen LogP contribution < -0.4 is 14.2 Å². The van der Waals surface area contributed by atoms with E-state index in [9.17, 15) is 4.79 Å². The van der Waals surface area contributed by atoms with Crippen LogP contribution in [0.4, 0.5) is 0 Å². The first kappa shape index (κ1) is 17.4. The number of hydrogen-bond donors (Lipinski definition) is 0. The standard InChI is InChI=1S/C19H26O4/c1-13-7-5-10-16(20)15(13)9-6-8-14-11-17(21-2)19(23-4)18(12-14)22-3/h11-12H,5-10H2,1-4H3. The average Bonchev–Trinajstić information content (AvgIpc) is 2.56. The predicted molar refractivity (Wildman–Crippen MR) is 90.6 cm³/mol. The van der Waals surface area contributed by atoms with Gasteiger partial charge in [0.25, 0.3) is 0 Å². The molecule has 4 nitrogen and oxygen atoms in total. The summed E-state index contributed by atoms with van der Waals surface area (Å²) in [7, 11) is 4.84. The summed E-state index contributed by atoms with van der Waals surface area (Å²) < 4.78 is 16.1. The van der Waals surface area contributed by atoms with Crippen LogP contribution in [-0.4, -0.2) is 27.1 Å². The van der Waals surface area contributed by atoms with Gasteiger partial charge in [0.05, 0.1) is 21.3 Å². The summed E-state index contributed by atoms with van der Waals surface area (Å²) in [6.45, 7) is 2.09. The zero-order valence-electron chi connectivity index (χ0n) is 14.5. The maximum absolute atomic E-state index is 12.0. The fourth-order valence-electron chi connectivity index (χ4n) is 3.16. The molecule has 1 aliphatic rings. The second-order valence-corrected chi connectivity index (χ2v) is 5.92. The third kappa shape index (κ3) is 4.06. The lowest BCUT2D eigenvalue weighted by molar-refractivity contribution is -0.116. The van der Waals surface area contributed by atoms with Gasteiger partial charge in [-0.3, -0.25) is 4.79 Å². The molecular weight excluding hydrogens is 292 g/mol. The Balaban J connectivity index is 2.07. The number of aryl methyl sites for hydroxylation is 1. The van der Waals surface area contributed by atoms with Crippen LogP contribution in [0.3, 0.4) is 0 Å². The first-order chi connectivity index (χ1) is 11.1. The predicted octanol–water partition coefficient (Wildman–Crippen LogP) is 4.10. The molecule has 126 valence electrons. The smallest absolute Gasteiger partial charge is 0.203 e.